The predicted octanol–water partition coefficient (Wildman–Crippen LogP) is 4.55. The molecule has 0 unspecified atom stereocenters. The first kappa shape index (κ1) is 15.5. The molecule has 112 valence electrons. The minimum atomic E-state index is -0.270. The second kappa shape index (κ2) is 6.72. The van der Waals surface area contributed by atoms with E-state index in [0.29, 0.717) is 30.2 Å². The van der Waals surface area contributed by atoms with Gasteiger partial charge in [-0.1, -0.05) is 26.0 Å². The SMILES string of the molecule is Cc1cc(Oc2cccc(F)c2CCN)ccc1C(C)C. The van der Waals surface area contributed by atoms with Crippen LogP contribution in [0.3, 0.4) is 0 Å². The Morgan fingerprint density at radius 2 is 1.95 bits per heavy atom. The van der Waals surface area contributed by atoms with Crippen molar-refractivity contribution in [2.75, 3.05) is 6.54 Å². The Balaban J connectivity index is 2.30. The molecule has 0 spiro atoms. The number of aryl methyl sites for hydroxylation is 1. The Bertz CT molecular complexity index is 623. The fourth-order valence-electron chi connectivity index (χ4n) is 2.51. The van der Waals surface area contributed by atoms with E-state index in [2.05, 4.69) is 26.8 Å². The number of hydrogen-bond acceptors (Lipinski definition) is 2. The minimum Gasteiger partial charge on any atom is -0.457 e. The van der Waals surface area contributed by atoms with E-state index in [1.165, 1.54) is 17.2 Å². The molecule has 0 bridgehead atoms. The first-order valence-electron chi connectivity index (χ1n) is 7.28. The van der Waals surface area contributed by atoms with Gasteiger partial charge in [0.1, 0.15) is 17.3 Å². The van der Waals surface area contributed by atoms with Crippen molar-refractivity contribution in [2.24, 2.45) is 5.73 Å². The van der Waals surface area contributed by atoms with Crippen LogP contribution in [0.25, 0.3) is 0 Å². The van der Waals surface area contributed by atoms with E-state index in [9.17, 15) is 4.39 Å². The summed E-state index contributed by atoms with van der Waals surface area (Å²) < 4.78 is 19.7. The fraction of sp³-hybridized carbons (Fsp3) is 0.333. The molecule has 3 heteroatoms. The summed E-state index contributed by atoms with van der Waals surface area (Å²) in [5, 5.41) is 0. The molecular formula is C18H22FNO. The van der Waals surface area contributed by atoms with Gasteiger partial charge in [-0.3, -0.25) is 0 Å². The summed E-state index contributed by atoms with van der Waals surface area (Å²) >= 11 is 0. The van der Waals surface area contributed by atoms with Crippen LogP contribution in [0.4, 0.5) is 4.39 Å². The van der Waals surface area contributed by atoms with Gasteiger partial charge in [0, 0.05) is 5.56 Å². The van der Waals surface area contributed by atoms with Gasteiger partial charge >= 0.3 is 0 Å². The second-order valence-corrected chi connectivity index (χ2v) is 5.53. The van der Waals surface area contributed by atoms with Crippen molar-refractivity contribution in [1.82, 2.24) is 0 Å². The molecule has 0 radical (unpaired) electrons. The van der Waals surface area contributed by atoms with Gasteiger partial charge in [0.15, 0.2) is 0 Å². The third-order valence-corrected chi connectivity index (χ3v) is 3.56. The van der Waals surface area contributed by atoms with Crippen molar-refractivity contribution in [2.45, 2.75) is 33.1 Å². The molecule has 2 aromatic rings. The van der Waals surface area contributed by atoms with Crippen molar-refractivity contribution >= 4 is 0 Å². The van der Waals surface area contributed by atoms with Gasteiger partial charge in [-0.2, -0.15) is 0 Å². The lowest BCUT2D eigenvalue weighted by atomic mass is 9.98. The highest BCUT2D eigenvalue weighted by Gasteiger charge is 2.11. The lowest BCUT2D eigenvalue weighted by Crippen LogP contribution is -2.06. The number of ether oxygens (including phenoxy) is 1. The third kappa shape index (κ3) is 3.61. The van der Waals surface area contributed by atoms with Crippen LogP contribution in [-0.4, -0.2) is 6.54 Å². The Labute approximate surface area is 125 Å². The summed E-state index contributed by atoms with van der Waals surface area (Å²) in [5.41, 5.74) is 8.55. The van der Waals surface area contributed by atoms with Crippen LogP contribution >= 0.6 is 0 Å². The van der Waals surface area contributed by atoms with E-state index < -0.39 is 0 Å². The molecule has 0 aliphatic carbocycles. The highest BCUT2D eigenvalue weighted by Crippen LogP contribution is 2.30. The quantitative estimate of drug-likeness (QED) is 0.875. The first-order chi connectivity index (χ1) is 10.0. The number of nitrogens with two attached hydrogens (primary N) is 1. The highest BCUT2D eigenvalue weighted by molar-refractivity contribution is 5.42. The summed E-state index contributed by atoms with van der Waals surface area (Å²) in [6.07, 6.45) is 0.463. The van der Waals surface area contributed by atoms with E-state index in [4.69, 9.17) is 10.5 Å². The summed E-state index contributed by atoms with van der Waals surface area (Å²) in [4.78, 5) is 0. The topological polar surface area (TPSA) is 35.2 Å². The smallest absolute Gasteiger partial charge is 0.133 e. The molecule has 0 atom stereocenters. The van der Waals surface area contributed by atoms with Gasteiger partial charge in [0.25, 0.3) is 0 Å². The zero-order valence-corrected chi connectivity index (χ0v) is 12.8. The predicted molar refractivity (Wildman–Crippen MR) is 84.5 cm³/mol. The van der Waals surface area contributed by atoms with E-state index >= 15 is 0 Å². The first-order valence-corrected chi connectivity index (χ1v) is 7.28. The Morgan fingerprint density at radius 3 is 2.57 bits per heavy atom. The highest BCUT2D eigenvalue weighted by atomic mass is 19.1. The molecule has 21 heavy (non-hydrogen) atoms. The van der Waals surface area contributed by atoms with E-state index in [1.807, 2.05) is 12.1 Å². The molecule has 0 aliphatic rings. The van der Waals surface area contributed by atoms with Crippen LogP contribution < -0.4 is 10.5 Å². The Hall–Kier alpha value is -1.87. The standard InChI is InChI=1S/C18H22FNO/c1-12(2)15-8-7-14(11-13(15)3)21-18-6-4-5-17(19)16(18)9-10-20/h4-8,11-12H,9-10,20H2,1-3H3. The summed E-state index contributed by atoms with van der Waals surface area (Å²) in [5.74, 6) is 1.47. The summed E-state index contributed by atoms with van der Waals surface area (Å²) in [7, 11) is 0. The van der Waals surface area contributed by atoms with Crippen LogP contribution in [0, 0.1) is 12.7 Å². The Kier molecular flexibility index (Phi) is 4.97. The zero-order chi connectivity index (χ0) is 15.4. The normalized spacial score (nSPS) is 11.0. The van der Waals surface area contributed by atoms with Crippen LogP contribution in [0.2, 0.25) is 0 Å². The van der Waals surface area contributed by atoms with Gasteiger partial charge < -0.3 is 10.5 Å². The molecule has 0 fully saturated rings. The molecular weight excluding hydrogens is 265 g/mol. The third-order valence-electron chi connectivity index (χ3n) is 3.56. The molecule has 0 aromatic heterocycles. The summed E-state index contributed by atoms with van der Waals surface area (Å²) in [6.45, 7) is 6.78. The number of halogens is 1. The molecule has 0 saturated heterocycles. The zero-order valence-electron chi connectivity index (χ0n) is 12.8. The van der Waals surface area contributed by atoms with Crippen LogP contribution in [-0.2, 0) is 6.42 Å². The lowest BCUT2D eigenvalue weighted by Gasteiger charge is -2.14. The van der Waals surface area contributed by atoms with Gasteiger partial charge in [-0.05, 0) is 61.2 Å². The van der Waals surface area contributed by atoms with Crippen molar-refractivity contribution in [3.05, 3.63) is 58.9 Å². The van der Waals surface area contributed by atoms with Crippen molar-refractivity contribution < 1.29 is 9.13 Å². The molecule has 2 aromatic carbocycles. The lowest BCUT2D eigenvalue weighted by molar-refractivity contribution is 0.466. The van der Waals surface area contributed by atoms with Crippen LogP contribution in [0.15, 0.2) is 36.4 Å². The molecule has 0 amide bonds. The Morgan fingerprint density at radius 1 is 1.19 bits per heavy atom. The largest absolute Gasteiger partial charge is 0.457 e. The molecule has 0 aliphatic heterocycles. The van der Waals surface area contributed by atoms with Gasteiger partial charge in [-0.15, -0.1) is 0 Å². The van der Waals surface area contributed by atoms with E-state index in [1.54, 1.807) is 12.1 Å². The number of benzene rings is 2. The van der Waals surface area contributed by atoms with Gasteiger partial charge in [0.05, 0.1) is 0 Å². The summed E-state index contributed by atoms with van der Waals surface area (Å²) in [6, 6.07) is 10.9. The minimum absolute atomic E-state index is 0.270. The molecule has 2 nitrogen and oxygen atoms in total. The van der Waals surface area contributed by atoms with E-state index in [-0.39, 0.29) is 5.82 Å². The molecule has 2 N–H and O–H groups in total. The molecule has 2 rings (SSSR count). The van der Waals surface area contributed by atoms with Crippen molar-refractivity contribution in [3.63, 3.8) is 0 Å². The van der Waals surface area contributed by atoms with E-state index in [0.717, 1.165) is 5.75 Å². The van der Waals surface area contributed by atoms with Crippen LogP contribution in [0.5, 0.6) is 11.5 Å². The van der Waals surface area contributed by atoms with Crippen LogP contribution in [0.1, 0.15) is 36.5 Å². The fourth-order valence-corrected chi connectivity index (χ4v) is 2.51. The van der Waals surface area contributed by atoms with Crippen molar-refractivity contribution in [3.8, 4) is 11.5 Å². The average molecular weight is 287 g/mol. The maximum Gasteiger partial charge on any atom is 0.133 e. The van der Waals surface area contributed by atoms with Gasteiger partial charge in [-0.25, -0.2) is 4.39 Å². The molecule has 0 saturated carbocycles. The monoisotopic (exact) mass is 287 g/mol. The number of hydrogen-bond donors (Lipinski definition) is 1. The molecule has 0 heterocycles. The van der Waals surface area contributed by atoms with Gasteiger partial charge in [0.2, 0.25) is 0 Å². The maximum absolute atomic E-state index is 13.9. The average Bonchev–Trinajstić information content (AvgIpc) is 2.42. The number of rotatable bonds is 5. The second-order valence-electron chi connectivity index (χ2n) is 5.53. The maximum atomic E-state index is 13.9. The van der Waals surface area contributed by atoms with Crippen molar-refractivity contribution in [1.29, 1.82) is 0 Å².